The Balaban J connectivity index is 1.51. The molecule has 2 heterocycles. The van der Waals surface area contributed by atoms with E-state index in [0.29, 0.717) is 39.0 Å². The monoisotopic (exact) mass is 301 g/mol. The first-order chi connectivity index (χ1) is 10.8. The van der Waals surface area contributed by atoms with E-state index in [2.05, 4.69) is 5.16 Å². The van der Waals surface area contributed by atoms with Gasteiger partial charge in [-0.3, -0.25) is 9.59 Å². The van der Waals surface area contributed by atoms with Crippen LogP contribution in [0.2, 0.25) is 0 Å². The van der Waals surface area contributed by atoms with Gasteiger partial charge in [0.2, 0.25) is 12.5 Å². The van der Waals surface area contributed by atoms with Gasteiger partial charge in [-0.1, -0.05) is 35.5 Å². The van der Waals surface area contributed by atoms with Crippen molar-refractivity contribution in [2.24, 2.45) is 5.16 Å². The molecule has 2 amide bonds. The predicted octanol–water partition coefficient (Wildman–Crippen LogP) is 0.675. The minimum atomic E-state index is -0.513. The Morgan fingerprint density at radius 1 is 1.23 bits per heavy atom. The van der Waals surface area contributed by atoms with Crippen LogP contribution in [-0.2, 0) is 20.8 Å². The molecular weight excluding hydrogens is 282 g/mol. The molecule has 1 aromatic carbocycles. The Morgan fingerprint density at radius 3 is 2.64 bits per heavy atom. The number of oxime groups is 1. The molecule has 1 aromatic rings. The Labute approximate surface area is 129 Å². The van der Waals surface area contributed by atoms with Crippen LogP contribution in [-0.4, -0.2) is 60.1 Å². The van der Waals surface area contributed by atoms with Crippen LogP contribution >= 0.6 is 0 Å². The van der Waals surface area contributed by atoms with Gasteiger partial charge in [0, 0.05) is 39.0 Å². The highest BCUT2D eigenvalue weighted by Gasteiger charge is 2.33. The van der Waals surface area contributed by atoms with Crippen molar-refractivity contribution in [3.63, 3.8) is 0 Å². The molecule has 1 saturated heterocycles. The zero-order chi connectivity index (χ0) is 15.4. The number of hydrogen-bond donors (Lipinski definition) is 0. The van der Waals surface area contributed by atoms with Gasteiger partial charge in [-0.25, -0.2) is 0 Å². The fourth-order valence-corrected chi connectivity index (χ4v) is 2.75. The lowest BCUT2D eigenvalue weighted by atomic mass is 10.0. The van der Waals surface area contributed by atoms with Gasteiger partial charge in [-0.15, -0.1) is 0 Å². The molecule has 0 spiro atoms. The van der Waals surface area contributed by atoms with Gasteiger partial charge < -0.3 is 14.6 Å². The Hall–Kier alpha value is -2.37. The van der Waals surface area contributed by atoms with Crippen LogP contribution < -0.4 is 0 Å². The van der Waals surface area contributed by atoms with E-state index in [1.54, 1.807) is 9.80 Å². The average molecular weight is 301 g/mol. The normalized spacial score (nSPS) is 21.3. The summed E-state index contributed by atoms with van der Waals surface area (Å²) in [7, 11) is 0. The van der Waals surface area contributed by atoms with E-state index < -0.39 is 6.10 Å². The smallest absolute Gasteiger partial charge is 0.267 e. The first kappa shape index (κ1) is 14.6. The minimum Gasteiger partial charge on any atom is -0.382 e. The van der Waals surface area contributed by atoms with Crippen molar-refractivity contribution < 1.29 is 14.4 Å². The number of piperazine rings is 1. The molecule has 3 rings (SSSR count). The fraction of sp³-hybridized carbons (Fsp3) is 0.438. The van der Waals surface area contributed by atoms with E-state index in [9.17, 15) is 9.59 Å². The number of hydrogen-bond acceptors (Lipinski definition) is 4. The van der Waals surface area contributed by atoms with Crippen molar-refractivity contribution >= 4 is 18.0 Å². The highest BCUT2D eigenvalue weighted by molar-refractivity contribution is 5.94. The first-order valence-electron chi connectivity index (χ1n) is 7.50. The Morgan fingerprint density at radius 2 is 1.95 bits per heavy atom. The first-order valence-corrected chi connectivity index (χ1v) is 7.50. The van der Waals surface area contributed by atoms with Crippen molar-refractivity contribution in [3.8, 4) is 0 Å². The molecule has 0 N–H and O–H groups in total. The van der Waals surface area contributed by atoms with Crippen molar-refractivity contribution in [3.05, 3.63) is 35.9 Å². The Kier molecular flexibility index (Phi) is 4.37. The summed E-state index contributed by atoms with van der Waals surface area (Å²) < 4.78 is 0. The number of rotatable bonds is 4. The van der Waals surface area contributed by atoms with E-state index in [4.69, 9.17) is 4.84 Å². The molecule has 0 bridgehead atoms. The summed E-state index contributed by atoms with van der Waals surface area (Å²) in [4.78, 5) is 31.9. The maximum Gasteiger partial charge on any atom is 0.267 e. The lowest BCUT2D eigenvalue weighted by molar-refractivity contribution is -0.145. The highest BCUT2D eigenvalue weighted by atomic mass is 16.6. The van der Waals surface area contributed by atoms with Crippen LogP contribution in [0.5, 0.6) is 0 Å². The zero-order valence-corrected chi connectivity index (χ0v) is 12.4. The second-order valence-electron chi connectivity index (χ2n) is 5.58. The molecule has 116 valence electrons. The summed E-state index contributed by atoms with van der Waals surface area (Å²) >= 11 is 0. The second-order valence-corrected chi connectivity index (χ2v) is 5.58. The van der Waals surface area contributed by atoms with Crippen LogP contribution in [0.1, 0.15) is 12.0 Å². The van der Waals surface area contributed by atoms with Gasteiger partial charge in [0.15, 0.2) is 0 Å². The molecule has 22 heavy (non-hydrogen) atoms. The molecule has 0 aromatic heterocycles. The van der Waals surface area contributed by atoms with Gasteiger partial charge in [0.05, 0.1) is 5.71 Å². The summed E-state index contributed by atoms with van der Waals surface area (Å²) in [5, 5.41) is 4.06. The number of carbonyl (C=O) groups excluding carboxylic acids is 2. The molecule has 0 aliphatic carbocycles. The van der Waals surface area contributed by atoms with E-state index in [1.165, 1.54) is 0 Å². The molecular formula is C16H19N3O3. The van der Waals surface area contributed by atoms with E-state index in [-0.39, 0.29) is 5.91 Å². The van der Waals surface area contributed by atoms with Gasteiger partial charge in [-0.05, 0) is 5.56 Å². The van der Waals surface area contributed by atoms with E-state index in [1.807, 2.05) is 30.3 Å². The van der Waals surface area contributed by atoms with Crippen molar-refractivity contribution in [2.45, 2.75) is 18.9 Å². The van der Waals surface area contributed by atoms with Crippen LogP contribution in [0.15, 0.2) is 35.5 Å². The topological polar surface area (TPSA) is 62.2 Å². The quantitative estimate of drug-likeness (QED) is 0.768. The summed E-state index contributed by atoms with van der Waals surface area (Å²) in [6.07, 6.45) is 1.57. The standard InChI is InChI=1S/C16H19N3O3/c20-12-18-6-8-19(9-7-18)16(21)15-11-14(17-22-15)10-13-4-2-1-3-5-13/h1-5,12,15H,6-11H2/t15-/m0/s1. The summed E-state index contributed by atoms with van der Waals surface area (Å²) in [6.45, 7) is 2.29. The number of amides is 2. The lowest BCUT2D eigenvalue weighted by Crippen LogP contribution is -2.51. The van der Waals surface area contributed by atoms with E-state index in [0.717, 1.165) is 17.7 Å². The minimum absolute atomic E-state index is 0.0302. The molecule has 0 radical (unpaired) electrons. The van der Waals surface area contributed by atoms with E-state index >= 15 is 0 Å². The second kappa shape index (κ2) is 6.60. The fourth-order valence-electron chi connectivity index (χ4n) is 2.75. The molecule has 1 atom stereocenters. The maximum absolute atomic E-state index is 12.4. The number of nitrogens with zero attached hydrogens (tertiary/aromatic N) is 3. The van der Waals surface area contributed by atoms with Gasteiger partial charge >= 0.3 is 0 Å². The number of carbonyl (C=O) groups is 2. The third-order valence-electron chi connectivity index (χ3n) is 4.03. The van der Waals surface area contributed by atoms with Crippen LogP contribution in [0.4, 0.5) is 0 Å². The Bertz CT molecular complexity index is 565. The summed E-state index contributed by atoms with van der Waals surface area (Å²) in [5.41, 5.74) is 2.06. The van der Waals surface area contributed by atoms with Gasteiger partial charge in [0.25, 0.3) is 5.91 Å². The molecule has 2 aliphatic heterocycles. The molecule has 2 aliphatic rings. The summed E-state index contributed by atoms with van der Waals surface area (Å²) in [6, 6.07) is 10.0. The zero-order valence-electron chi connectivity index (χ0n) is 12.4. The maximum atomic E-state index is 12.4. The molecule has 6 nitrogen and oxygen atoms in total. The molecule has 0 unspecified atom stereocenters. The SMILES string of the molecule is O=CN1CCN(C(=O)[C@@H]2CC(Cc3ccccc3)=NO2)CC1. The van der Waals surface area contributed by atoms with Crippen LogP contribution in [0, 0.1) is 0 Å². The van der Waals surface area contributed by atoms with Crippen LogP contribution in [0.3, 0.4) is 0 Å². The average Bonchev–Trinajstić information content (AvgIpc) is 3.04. The third kappa shape index (κ3) is 3.27. The molecule has 1 fully saturated rings. The highest BCUT2D eigenvalue weighted by Crippen LogP contribution is 2.17. The summed E-state index contributed by atoms with van der Waals surface area (Å²) in [5.74, 6) is -0.0302. The van der Waals surface area contributed by atoms with Crippen LogP contribution in [0.25, 0.3) is 0 Å². The van der Waals surface area contributed by atoms with Gasteiger partial charge in [-0.2, -0.15) is 0 Å². The molecule has 6 heteroatoms. The number of benzene rings is 1. The molecule has 0 saturated carbocycles. The van der Waals surface area contributed by atoms with Crippen molar-refractivity contribution in [1.29, 1.82) is 0 Å². The largest absolute Gasteiger partial charge is 0.382 e. The van der Waals surface area contributed by atoms with Crippen molar-refractivity contribution in [2.75, 3.05) is 26.2 Å². The van der Waals surface area contributed by atoms with Gasteiger partial charge in [0.1, 0.15) is 0 Å². The van der Waals surface area contributed by atoms with Crippen molar-refractivity contribution in [1.82, 2.24) is 9.80 Å². The predicted molar refractivity (Wildman–Crippen MR) is 81.3 cm³/mol. The third-order valence-corrected chi connectivity index (χ3v) is 4.03. The lowest BCUT2D eigenvalue weighted by Gasteiger charge is -2.33.